The Hall–Kier alpha value is -5.58. The minimum Gasteiger partial charge on any atom is -0.208 e. The molecule has 0 N–H and O–H groups in total. The number of thiophene rings is 1. The van der Waals surface area contributed by atoms with Crippen molar-refractivity contribution in [2.75, 3.05) is 0 Å². The van der Waals surface area contributed by atoms with Crippen LogP contribution in [0.5, 0.6) is 0 Å². The van der Waals surface area contributed by atoms with Crippen LogP contribution in [0.4, 0.5) is 0 Å². The molecule has 2 heterocycles. The van der Waals surface area contributed by atoms with Gasteiger partial charge in [-0.05, 0) is 50.2 Å². The number of hydrogen-bond donors (Lipinski definition) is 0. The molecule has 0 bridgehead atoms. The van der Waals surface area contributed by atoms with Crippen LogP contribution in [0.25, 0.3) is 87.7 Å². The number of rotatable bonds is 6. The van der Waals surface area contributed by atoms with Gasteiger partial charge in [-0.1, -0.05) is 147 Å². The van der Waals surface area contributed by atoms with E-state index >= 15 is 0 Å². The molecule has 0 saturated heterocycles. The van der Waals surface area contributed by atoms with Crippen LogP contribution in [-0.2, 0) is 0 Å². The lowest BCUT2D eigenvalue weighted by molar-refractivity contribution is 1.08. The summed E-state index contributed by atoms with van der Waals surface area (Å²) in [7, 11) is 65.7. The van der Waals surface area contributed by atoms with E-state index in [9.17, 15) is 0 Å². The lowest BCUT2D eigenvalue weighted by atomic mass is 9.58. The molecule has 59 heavy (non-hydrogen) atoms. The molecule has 2 aromatic heterocycles. The number of aromatic nitrogens is 3. The van der Waals surface area contributed by atoms with Gasteiger partial charge in [0.2, 0.25) is 0 Å². The zero-order chi connectivity index (χ0) is 41.3. The van der Waals surface area contributed by atoms with Crippen molar-refractivity contribution in [3.05, 3.63) is 115 Å². The van der Waals surface area contributed by atoms with Gasteiger partial charge < -0.3 is 0 Å². The van der Waals surface area contributed by atoms with Crippen molar-refractivity contribution in [2.24, 2.45) is 0 Å². The van der Waals surface area contributed by atoms with Crippen molar-refractivity contribution in [3.63, 3.8) is 0 Å². The Balaban J connectivity index is 1.18. The number of benzene rings is 7. The maximum Gasteiger partial charge on any atom is 0.164 e. The van der Waals surface area contributed by atoms with E-state index in [0.717, 1.165) is 33.4 Å². The van der Waals surface area contributed by atoms with Crippen LogP contribution in [-0.4, -0.2) is 93.4 Å². The van der Waals surface area contributed by atoms with E-state index in [-0.39, 0.29) is 55.0 Å². The van der Waals surface area contributed by atoms with Gasteiger partial charge in [0.25, 0.3) is 0 Å². The fraction of sp³-hybridized carbons (Fsp3) is 0. The molecule has 0 aliphatic heterocycles. The number of nitrogens with zero attached hydrogens (tertiary/aromatic N) is 3. The Bertz CT molecular complexity index is 3110. The third-order valence-electron chi connectivity index (χ3n) is 10.7. The van der Waals surface area contributed by atoms with E-state index in [1.807, 2.05) is 72.8 Å². The monoisotopic (exact) mass is 743 g/mol. The summed E-state index contributed by atoms with van der Waals surface area (Å²) in [6.45, 7) is 0. The van der Waals surface area contributed by atoms with Gasteiger partial charge in [-0.3, -0.25) is 0 Å². The Labute approximate surface area is 360 Å². The molecule has 0 fully saturated rings. The highest BCUT2D eigenvalue weighted by atomic mass is 32.1. The van der Waals surface area contributed by atoms with Crippen molar-refractivity contribution in [1.82, 2.24) is 15.0 Å². The highest BCUT2D eigenvalue weighted by Gasteiger charge is 2.23. The Morgan fingerprint density at radius 3 is 1.25 bits per heavy atom. The van der Waals surface area contributed by atoms with Crippen molar-refractivity contribution in [3.8, 4) is 67.5 Å². The van der Waals surface area contributed by atoms with Crippen LogP contribution in [0.15, 0.2) is 115 Å². The van der Waals surface area contributed by atoms with Crippen LogP contribution in [0.1, 0.15) is 0 Å². The normalized spacial score (nSPS) is 11.4. The van der Waals surface area contributed by atoms with Gasteiger partial charge >= 0.3 is 0 Å². The average Bonchev–Trinajstić information content (AvgIpc) is 3.67. The molecule has 9 rings (SSSR count). The van der Waals surface area contributed by atoms with Crippen LogP contribution in [0.2, 0.25) is 0 Å². The van der Waals surface area contributed by atoms with E-state index in [4.69, 9.17) is 93.4 Å². The topological polar surface area (TPSA) is 38.7 Å². The van der Waals surface area contributed by atoms with Crippen molar-refractivity contribution in [2.45, 2.75) is 0 Å². The summed E-state index contributed by atoms with van der Waals surface area (Å²) in [6, 6.07) is 38.2. The molecule has 14 heteroatoms. The smallest absolute Gasteiger partial charge is 0.164 e. The third-order valence-corrected chi connectivity index (χ3v) is 12.0. The standard InChI is InChI=1S/C45H19B10N3S/c46-31-26(28-32(47)37(52)39(54)38(53)33(28)48)19-27-29-34(49)35(50)30(36(51)42(29)59-41(27)40(31)55)45-57-43(24-9-5-2-6-10-24)56-44(58-45)25-17-15-23(16-18-25)22-13-11-21(12-14-22)20-7-3-1-4-8-20/h1-19H. The first-order valence-corrected chi connectivity index (χ1v) is 19.2. The first kappa shape index (κ1) is 38.9. The molecule has 0 spiro atoms. The molecule has 0 atom stereocenters. The second kappa shape index (κ2) is 15.2. The van der Waals surface area contributed by atoms with Gasteiger partial charge in [0.1, 0.15) is 78.5 Å². The minimum absolute atomic E-state index is 0.0774. The van der Waals surface area contributed by atoms with Gasteiger partial charge in [0.05, 0.1) is 0 Å². The summed E-state index contributed by atoms with van der Waals surface area (Å²) in [5.74, 6) is 1.10. The van der Waals surface area contributed by atoms with E-state index in [1.54, 1.807) is 6.07 Å². The molecule has 0 aliphatic carbocycles. The van der Waals surface area contributed by atoms with E-state index in [0.29, 0.717) is 54.0 Å². The summed E-state index contributed by atoms with van der Waals surface area (Å²) in [5.41, 5.74) is 8.67. The highest BCUT2D eigenvalue weighted by Crippen LogP contribution is 2.34. The molecule has 250 valence electrons. The zero-order valence-corrected chi connectivity index (χ0v) is 32.3. The summed E-state index contributed by atoms with van der Waals surface area (Å²) >= 11 is 1.31. The van der Waals surface area contributed by atoms with Crippen molar-refractivity contribution >= 4 is 165 Å². The van der Waals surface area contributed by atoms with Crippen LogP contribution >= 0.6 is 11.3 Å². The number of hydrogen-bond acceptors (Lipinski definition) is 4. The van der Waals surface area contributed by atoms with Gasteiger partial charge in [0.15, 0.2) is 17.5 Å². The van der Waals surface area contributed by atoms with Gasteiger partial charge in [-0.15, -0.1) is 27.7 Å². The quantitative estimate of drug-likeness (QED) is 0.229. The van der Waals surface area contributed by atoms with E-state index < -0.39 is 0 Å². The lowest BCUT2D eigenvalue weighted by Gasteiger charge is -2.23. The van der Waals surface area contributed by atoms with Gasteiger partial charge in [0, 0.05) is 26.1 Å². The summed E-state index contributed by atoms with van der Waals surface area (Å²) < 4.78 is 1.23. The molecule has 0 unspecified atom stereocenters. The molecule has 3 nitrogen and oxygen atoms in total. The van der Waals surface area contributed by atoms with E-state index in [2.05, 4.69) is 36.4 Å². The molecule has 0 aliphatic rings. The fourth-order valence-corrected chi connectivity index (χ4v) is 8.70. The summed E-state index contributed by atoms with van der Waals surface area (Å²) in [5, 5.41) is 1.19. The maximum absolute atomic E-state index is 7.05. The second-order valence-corrected chi connectivity index (χ2v) is 15.2. The minimum atomic E-state index is 0.0774. The molecule has 9 aromatic rings. The molecule has 0 amide bonds. The SMILES string of the molecule is [B]c1c([B])c([B])c(-c2cc3c(sc4c([B])c(-c5nc(-c6ccccc6)nc(-c6ccc(-c7ccc(-c8ccccc8)cc7)cc6)n5)c([B])c([B])c43)c([B])c2[B])c([B])c1[B]. The Morgan fingerprint density at radius 2 is 0.729 bits per heavy atom. The molecular formula is C45H19B10N3S. The van der Waals surface area contributed by atoms with Crippen molar-refractivity contribution < 1.29 is 0 Å². The largest absolute Gasteiger partial charge is 0.208 e. The molecule has 0 saturated carbocycles. The Kier molecular flexibility index (Phi) is 10.0. The highest BCUT2D eigenvalue weighted by molar-refractivity contribution is 7.28. The van der Waals surface area contributed by atoms with Crippen molar-refractivity contribution in [1.29, 1.82) is 0 Å². The predicted molar refractivity (Wildman–Crippen MR) is 259 cm³/mol. The average molecular weight is 742 g/mol. The predicted octanol–water partition coefficient (Wildman–Crippen LogP) is 0.180. The number of fused-ring (bicyclic) bond motifs is 3. The van der Waals surface area contributed by atoms with E-state index in [1.165, 1.54) is 11.3 Å². The van der Waals surface area contributed by atoms with Crippen LogP contribution in [0, 0.1) is 0 Å². The molecule has 7 aromatic carbocycles. The first-order valence-electron chi connectivity index (χ1n) is 18.4. The Morgan fingerprint density at radius 1 is 0.322 bits per heavy atom. The molecule has 20 radical (unpaired) electrons. The second-order valence-electron chi connectivity index (χ2n) is 14.2. The lowest BCUT2D eigenvalue weighted by Crippen LogP contribution is -2.55. The summed E-state index contributed by atoms with van der Waals surface area (Å²) in [6.07, 6.45) is 0. The maximum atomic E-state index is 7.05. The fourth-order valence-electron chi connectivity index (χ4n) is 7.47. The van der Waals surface area contributed by atoms with Crippen LogP contribution < -0.4 is 54.6 Å². The van der Waals surface area contributed by atoms with Gasteiger partial charge in [-0.25, -0.2) is 15.0 Å². The zero-order valence-electron chi connectivity index (χ0n) is 31.5. The van der Waals surface area contributed by atoms with Crippen LogP contribution in [0.3, 0.4) is 0 Å². The first-order chi connectivity index (χ1) is 28.4. The van der Waals surface area contributed by atoms with Gasteiger partial charge in [-0.2, -0.15) is 0 Å². The summed E-state index contributed by atoms with van der Waals surface area (Å²) in [4.78, 5) is 14.8. The third kappa shape index (κ3) is 6.57. The molecular weight excluding hydrogens is 723 g/mol.